The SMILES string of the molecule is CC.CCc1cc(Cl)ccc1NCC(=O)NC(C)c1cnc(C)o1. The molecule has 2 aromatic rings. The van der Waals surface area contributed by atoms with Crippen LogP contribution < -0.4 is 10.6 Å². The summed E-state index contributed by atoms with van der Waals surface area (Å²) in [6.07, 6.45) is 2.47. The fraction of sp³-hybridized carbons (Fsp3) is 0.444. The van der Waals surface area contributed by atoms with Gasteiger partial charge < -0.3 is 15.1 Å². The van der Waals surface area contributed by atoms with Gasteiger partial charge in [-0.25, -0.2) is 4.98 Å². The van der Waals surface area contributed by atoms with Crippen molar-refractivity contribution in [1.29, 1.82) is 0 Å². The molecule has 2 N–H and O–H groups in total. The first-order valence-electron chi connectivity index (χ1n) is 8.23. The summed E-state index contributed by atoms with van der Waals surface area (Å²) >= 11 is 5.97. The summed E-state index contributed by atoms with van der Waals surface area (Å²) in [5, 5.41) is 6.70. The average molecular weight is 352 g/mol. The molecular formula is C18H26ClN3O2. The number of aryl methyl sites for hydroxylation is 2. The van der Waals surface area contributed by atoms with E-state index in [0.29, 0.717) is 16.7 Å². The highest BCUT2D eigenvalue weighted by Crippen LogP contribution is 2.21. The zero-order valence-electron chi connectivity index (χ0n) is 14.9. The Balaban J connectivity index is 0.00000139. The maximum atomic E-state index is 12.0. The largest absolute Gasteiger partial charge is 0.444 e. The van der Waals surface area contributed by atoms with Crippen molar-refractivity contribution in [3.8, 4) is 0 Å². The van der Waals surface area contributed by atoms with Gasteiger partial charge in [0, 0.05) is 17.6 Å². The van der Waals surface area contributed by atoms with E-state index in [0.717, 1.165) is 17.7 Å². The van der Waals surface area contributed by atoms with Crippen LogP contribution in [-0.4, -0.2) is 17.4 Å². The Bertz CT molecular complexity index is 655. The summed E-state index contributed by atoms with van der Waals surface area (Å²) in [4.78, 5) is 16.0. The van der Waals surface area contributed by atoms with Crippen LogP contribution >= 0.6 is 11.6 Å². The van der Waals surface area contributed by atoms with Gasteiger partial charge in [0.15, 0.2) is 5.89 Å². The standard InChI is InChI=1S/C16H20ClN3O2.C2H6/c1-4-12-7-13(17)5-6-14(12)19-9-16(21)20-10(2)15-8-18-11(3)22-15;1-2/h5-8,10,19H,4,9H2,1-3H3,(H,20,21);1-2H3. The van der Waals surface area contributed by atoms with Crippen LogP contribution in [0.4, 0.5) is 5.69 Å². The molecule has 0 radical (unpaired) electrons. The van der Waals surface area contributed by atoms with Crippen molar-refractivity contribution in [1.82, 2.24) is 10.3 Å². The van der Waals surface area contributed by atoms with Crippen molar-refractivity contribution >= 4 is 23.2 Å². The predicted molar refractivity (Wildman–Crippen MR) is 98.5 cm³/mol. The lowest BCUT2D eigenvalue weighted by atomic mass is 10.1. The first-order valence-corrected chi connectivity index (χ1v) is 8.61. The van der Waals surface area contributed by atoms with E-state index < -0.39 is 0 Å². The molecule has 0 aliphatic rings. The third-order valence-electron chi connectivity index (χ3n) is 3.33. The van der Waals surface area contributed by atoms with Gasteiger partial charge in [-0.1, -0.05) is 32.4 Å². The topological polar surface area (TPSA) is 67.2 Å². The molecule has 1 aromatic carbocycles. The zero-order chi connectivity index (χ0) is 18.1. The van der Waals surface area contributed by atoms with Crippen LogP contribution in [0.3, 0.4) is 0 Å². The number of hydrogen-bond acceptors (Lipinski definition) is 4. The molecule has 0 saturated heterocycles. The number of hydrogen-bond donors (Lipinski definition) is 2. The van der Waals surface area contributed by atoms with Gasteiger partial charge in [-0.2, -0.15) is 0 Å². The van der Waals surface area contributed by atoms with E-state index in [1.165, 1.54) is 0 Å². The van der Waals surface area contributed by atoms with Gasteiger partial charge in [0.1, 0.15) is 5.76 Å². The second-order valence-electron chi connectivity index (χ2n) is 5.08. The van der Waals surface area contributed by atoms with E-state index in [1.54, 1.807) is 19.2 Å². The van der Waals surface area contributed by atoms with E-state index in [4.69, 9.17) is 16.0 Å². The van der Waals surface area contributed by atoms with Gasteiger partial charge in [-0.3, -0.25) is 4.79 Å². The third kappa shape index (κ3) is 5.89. The van der Waals surface area contributed by atoms with Crippen LogP contribution in [0.25, 0.3) is 0 Å². The molecule has 1 amide bonds. The number of rotatable bonds is 6. The molecule has 1 aromatic heterocycles. The first-order chi connectivity index (χ1) is 11.5. The maximum absolute atomic E-state index is 12.0. The Morgan fingerprint density at radius 3 is 2.67 bits per heavy atom. The van der Waals surface area contributed by atoms with Gasteiger partial charge >= 0.3 is 0 Å². The highest BCUT2D eigenvalue weighted by atomic mass is 35.5. The molecule has 24 heavy (non-hydrogen) atoms. The molecule has 1 unspecified atom stereocenters. The molecule has 132 valence electrons. The van der Waals surface area contributed by atoms with Gasteiger partial charge in [0.05, 0.1) is 18.8 Å². The Kier molecular flexibility index (Phi) is 8.33. The minimum absolute atomic E-state index is 0.112. The summed E-state index contributed by atoms with van der Waals surface area (Å²) in [5.41, 5.74) is 2.00. The summed E-state index contributed by atoms with van der Waals surface area (Å²) in [6.45, 7) is 9.86. The molecule has 1 heterocycles. The van der Waals surface area contributed by atoms with Crippen molar-refractivity contribution in [3.63, 3.8) is 0 Å². The lowest BCUT2D eigenvalue weighted by Crippen LogP contribution is -2.32. The quantitative estimate of drug-likeness (QED) is 0.803. The summed E-state index contributed by atoms with van der Waals surface area (Å²) in [6, 6.07) is 5.38. The number of nitrogens with one attached hydrogen (secondary N) is 2. The van der Waals surface area contributed by atoms with Crippen molar-refractivity contribution in [2.24, 2.45) is 0 Å². The molecule has 0 aliphatic heterocycles. The van der Waals surface area contributed by atoms with Gasteiger partial charge in [0.2, 0.25) is 5.91 Å². The van der Waals surface area contributed by atoms with Crippen LogP contribution in [0.5, 0.6) is 0 Å². The molecule has 1 atom stereocenters. The van der Waals surface area contributed by atoms with Gasteiger partial charge in [-0.15, -0.1) is 0 Å². The second kappa shape index (κ2) is 9.98. The fourth-order valence-corrected chi connectivity index (χ4v) is 2.34. The van der Waals surface area contributed by atoms with Crippen molar-refractivity contribution < 1.29 is 9.21 Å². The third-order valence-corrected chi connectivity index (χ3v) is 3.57. The Morgan fingerprint density at radius 1 is 1.38 bits per heavy atom. The number of halogens is 1. The van der Waals surface area contributed by atoms with E-state index in [-0.39, 0.29) is 18.5 Å². The Hall–Kier alpha value is -2.01. The number of oxazole rings is 1. The second-order valence-corrected chi connectivity index (χ2v) is 5.52. The smallest absolute Gasteiger partial charge is 0.239 e. The molecule has 0 saturated carbocycles. The summed E-state index contributed by atoms with van der Waals surface area (Å²) in [5.74, 6) is 1.12. The monoisotopic (exact) mass is 351 g/mol. The molecule has 0 aliphatic carbocycles. The number of nitrogens with zero attached hydrogens (tertiary/aromatic N) is 1. The molecule has 0 bridgehead atoms. The molecule has 0 spiro atoms. The number of aromatic nitrogens is 1. The van der Waals surface area contributed by atoms with Crippen LogP contribution in [0, 0.1) is 6.92 Å². The fourth-order valence-electron chi connectivity index (χ4n) is 2.14. The van der Waals surface area contributed by atoms with Crippen LogP contribution in [-0.2, 0) is 11.2 Å². The van der Waals surface area contributed by atoms with Crippen molar-refractivity contribution in [2.75, 3.05) is 11.9 Å². The Labute approximate surface area is 148 Å². The Morgan fingerprint density at radius 2 is 2.08 bits per heavy atom. The number of benzene rings is 1. The molecule has 0 fully saturated rings. The van der Waals surface area contributed by atoms with E-state index in [2.05, 4.69) is 15.6 Å². The zero-order valence-corrected chi connectivity index (χ0v) is 15.7. The summed E-state index contributed by atoms with van der Waals surface area (Å²) in [7, 11) is 0. The average Bonchev–Trinajstić information content (AvgIpc) is 3.02. The van der Waals surface area contributed by atoms with Gasteiger partial charge in [0.25, 0.3) is 0 Å². The van der Waals surface area contributed by atoms with Crippen LogP contribution in [0.1, 0.15) is 51.0 Å². The number of anilines is 1. The van der Waals surface area contributed by atoms with Crippen molar-refractivity contribution in [3.05, 3.63) is 46.6 Å². The normalized spacial score (nSPS) is 11.2. The number of carbonyl (C=O) groups is 1. The minimum atomic E-state index is -0.216. The lowest BCUT2D eigenvalue weighted by Gasteiger charge is -2.14. The highest BCUT2D eigenvalue weighted by Gasteiger charge is 2.13. The molecule has 6 heteroatoms. The summed E-state index contributed by atoms with van der Waals surface area (Å²) < 4.78 is 5.40. The first kappa shape index (κ1) is 20.0. The van der Waals surface area contributed by atoms with E-state index in [1.807, 2.05) is 39.8 Å². The highest BCUT2D eigenvalue weighted by molar-refractivity contribution is 6.30. The van der Waals surface area contributed by atoms with Crippen molar-refractivity contribution in [2.45, 2.75) is 47.1 Å². The molecule has 2 rings (SSSR count). The molecule has 5 nitrogen and oxygen atoms in total. The number of amides is 1. The molecular weight excluding hydrogens is 326 g/mol. The lowest BCUT2D eigenvalue weighted by molar-refractivity contribution is -0.120. The number of carbonyl (C=O) groups excluding carboxylic acids is 1. The van der Waals surface area contributed by atoms with E-state index in [9.17, 15) is 4.79 Å². The maximum Gasteiger partial charge on any atom is 0.239 e. The van der Waals surface area contributed by atoms with Crippen LogP contribution in [0.15, 0.2) is 28.8 Å². The van der Waals surface area contributed by atoms with Gasteiger partial charge in [-0.05, 0) is 37.1 Å². The van der Waals surface area contributed by atoms with Crippen LogP contribution in [0.2, 0.25) is 5.02 Å². The van der Waals surface area contributed by atoms with E-state index >= 15 is 0 Å². The predicted octanol–water partition coefficient (Wildman–Crippen LogP) is 4.51. The minimum Gasteiger partial charge on any atom is -0.444 e.